The first-order valence-electron chi connectivity index (χ1n) is 35.5. The summed E-state index contributed by atoms with van der Waals surface area (Å²) in [6.45, 7) is 19.9. The molecule has 0 aromatic heterocycles. The molecule has 0 aliphatic rings. The quantitative estimate of drug-likeness (QED) is 0.0161. The zero-order valence-corrected chi connectivity index (χ0v) is 54.9. The summed E-state index contributed by atoms with van der Waals surface area (Å²) in [5, 5.41) is 7.57. The Morgan fingerprint density at radius 1 is 0.296 bits per heavy atom. The van der Waals surface area contributed by atoms with Crippen LogP contribution < -0.4 is 0 Å². The van der Waals surface area contributed by atoms with E-state index in [2.05, 4.69) is 75.3 Å². The van der Waals surface area contributed by atoms with Gasteiger partial charge in [0.1, 0.15) is 31.5 Å². The van der Waals surface area contributed by atoms with E-state index >= 15 is 0 Å². The van der Waals surface area contributed by atoms with Crippen LogP contribution in [-0.4, -0.2) is 56.3 Å². The number of nitrogens with zero attached hydrogens (tertiary/aromatic N) is 1. The molecule has 0 heterocycles. The molecule has 8 heteroatoms. The Bertz CT molecular complexity index is 1200. The topological polar surface area (TPSA) is 78.9 Å². The van der Waals surface area contributed by atoms with Crippen LogP contribution in [0.1, 0.15) is 362 Å². The summed E-state index contributed by atoms with van der Waals surface area (Å²) in [5.41, 5.74) is 0. The number of hydrogen-bond donors (Lipinski definition) is 1. The lowest BCUT2D eigenvalue weighted by Crippen LogP contribution is -2.33. The van der Waals surface area contributed by atoms with E-state index in [9.17, 15) is 0 Å². The molecule has 0 unspecified atom stereocenters. The normalized spacial score (nSPS) is 11.7. The second-order valence-electron chi connectivity index (χ2n) is 23.5. The highest BCUT2D eigenvalue weighted by molar-refractivity contribution is 4.84. The van der Waals surface area contributed by atoms with Crippen LogP contribution in [0.3, 0.4) is 0 Å². The van der Waals surface area contributed by atoms with Crippen molar-refractivity contribution in [2.45, 2.75) is 362 Å². The smallest absolute Gasteiger partial charge is 0.135 e. The van der Waals surface area contributed by atoms with E-state index in [1.54, 1.807) is 6.92 Å². The molecule has 0 radical (unpaired) electrons. The molecule has 0 fully saturated rings. The second kappa shape index (κ2) is 76.1. The monoisotopic (exact) mass is 1140 g/mol. The Labute approximate surface area is 506 Å². The summed E-state index contributed by atoms with van der Waals surface area (Å²) in [7, 11) is 0. The molecule has 480 valence electrons. The SMILES string of the molecule is C=C(CCCCCCCC/C=C/CCCCCCCCCC)OOCCN(CCOOC(=C)CCCCCCCC/C=C/CCCCCCCCCC)COOCCCCCCCCCC/C=C/CCCCCCCCCC.CCO. The highest BCUT2D eigenvalue weighted by Crippen LogP contribution is 2.17. The molecule has 0 spiro atoms. The van der Waals surface area contributed by atoms with Crippen molar-refractivity contribution in [3.05, 3.63) is 61.1 Å². The van der Waals surface area contributed by atoms with E-state index in [1.165, 1.54) is 302 Å². The van der Waals surface area contributed by atoms with Crippen LogP contribution in [0, 0.1) is 0 Å². The Kier molecular flexibility index (Phi) is 76.2. The van der Waals surface area contributed by atoms with Gasteiger partial charge in [0, 0.05) is 32.5 Å². The Hall–Kier alpha value is -1.94. The summed E-state index contributed by atoms with van der Waals surface area (Å²) in [6.07, 6.45) is 82.2. The maximum atomic E-state index is 7.57. The van der Waals surface area contributed by atoms with Gasteiger partial charge in [-0.15, -0.1) is 0 Å². The van der Waals surface area contributed by atoms with Crippen LogP contribution in [0.15, 0.2) is 61.1 Å². The highest BCUT2D eigenvalue weighted by atomic mass is 17.2. The fourth-order valence-electron chi connectivity index (χ4n) is 10.0. The minimum atomic E-state index is 0.250. The zero-order chi connectivity index (χ0) is 58.9. The van der Waals surface area contributed by atoms with Crippen LogP contribution in [-0.2, 0) is 29.3 Å². The molecular formula is C73H141NO7. The van der Waals surface area contributed by atoms with E-state index < -0.39 is 0 Å². The molecule has 0 aliphatic heterocycles. The van der Waals surface area contributed by atoms with Crippen LogP contribution in [0.25, 0.3) is 0 Å². The number of allylic oxidation sites excluding steroid dienone is 8. The van der Waals surface area contributed by atoms with Gasteiger partial charge in [-0.1, -0.05) is 295 Å². The van der Waals surface area contributed by atoms with Crippen LogP contribution >= 0.6 is 0 Å². The number of unbranched alkanes of at least 4 members (excludes halogenated alkanes) is 44. The molecule has 0 aromatic carbocycles. The van der Waals surface area contributed by atoms with Gasteiger partial charge in [0.25, 0.3) is 0 Å². The van der Waals surface area contributed by atoms with Crippen molar-refractivity contribution >= 4 is 0 Å². The van der Waals surface area contributed by atoms with Gasteiger partial charge >= 0.3 is 0 Å². The lowest BCUT2D eigenvalue weighted by molar-refractivity contribution is -0.323. The summed E-state index contributed by atoms with van der Waals surface area (Å²) in [4.78, 5) is 35.7. The van der Waals surface area contributed by atoms with Crippen molar-refractivity contribution in [2.75, 3.05) is 46.2 Å². The lowest BCUT2D eigenvalue weighted by atomic mass is 10.1. The molecule has 0 saturated heterocycles. The Morgan fingerprint density at radius 2 is 0.531 bits per heavy atom. The molecule has 0 amide bonds. The molecule has 0 saturated carbocycles. The summed E-state index contributed by atoms with van der Waals surface area (Å²) in [5.74, 6) is 1.38. The summed E-state index contributed by atoms with van der Waals surface area (Å²) < 4.78 is 0. The van der Waals surface area contributed by atoms with Crippen molar-refractivity contribution in [1.29, 1.82) is 0 Å². The molecule has 0 aromatic rings. The van der Waals surface area contributed by atoms with E-state index in [0.29, 0.717) is 51.2 Å². The average Bonchev–Trinajstić information content (AvgIpc) is 3.46. The van der Waals surface area contributed by atoms with Gasteiger partial charge in [-0.05, 0) is 103 Å². The third kappa shape index (κ3) is 76.0. The van der Waals surface area contributed by atoms with Crippen LogP contribution in [0.4, 0.5) is 0 Å². The van der Waals surface area contributed by atoms with Gasteiger partial charge in [0.15, 0.2) is 0 Å². The van der Waals surface area contributed by atoms with Gasteiger partial charge in [0.2, 0.25) is 0 Å². The number of aliphatic hydroxyl groups excluding tert-OH is 1. The fourth-order valence-corrected chi connectivity index (χ4v) is 10.0. The molecule has 0 bridgehead atoms. The van der Waals surface area contributed by atoms with Crippen molar-refractivity contribution in [2.24, 2.45) is 0 Å². The van der Waals surface area contributed by atoms with Gasteiger partial charge in [-0.2, -0.15) is 9.78 Å². The predicted octanol–water partition coefficient (Wildman–Crippen LogP) is 24.1. The highest BCUT2D eigenvalue weighted by Gasteiger charge is 2.09. The Morgan fingerprint density at radius 3 is 0.802 bits per heavy atom. The molecule has 81 heavy (non-hydrogen) atoms. The molecule has 8 nitrogen and oxygen atoms in total. The standard InChI is InChI=1S/C71H135NO6.C2H6O/c1-6-9-12-15-18-21-24-27-30-33-36-37-40-43-46-49-52-55-58-61-66-73-76-69-72(64-67-74-77-70(4)62-59-56-53-50-47-44-41-38-34-31-28-25-22-19-16-13-10-7-2)65-68-75-78-71(5)63-60-57-54-51-48-45-42-39-35-32-29-26-23-20-17-14-11-8-3;1-2-3/h33-36,38-39H,4-32,37,40-69H2,1-3H3;3H,2H2,1H3/b36-33+,38-34+,39-35+;. The zero-order valence-electron chi connectivity index (χ0n) is 54.9. The predicted molar refractivity (Wildman–Crippen MR) is 353 cm³/mol. The summed E-state index contributed by atoms with van der Waals surface area (Å²) in [6, 6.07) is 0. The summed E-state index contributed by atoms with van der Waals surface area (Å²) >= 11 is 0. The average molecular weight is 1140 g/mol. The second-order valence-corrected chi connectivity index (χ2v) is 23.5. The third-order valence-corrected chi connectivity index (χ3v) is 15.3. The first kappa shape index (κ1) is 81.1. The van der Waals surface area contributed by atoms with Crippen LogP contribution in [0.5, 0.6) is 0 Å². The number of rotatable bonds is 69. The fraction of sp³-hybridized carbons (Fsp3) is 0.863. The Balaban J connectivity index is 0. The van der Waals surface area contributed by atoms with Crippen molar-refractivity contribution in [1.82, 2.24) is 4.90 Å². The lowest BCUT2D eigenvalue weighted by Gasteiger charge is -2.21. The van der Waals surface area contributed by atoms with Gasteiger partial charge in [-0.25, -0.2) is 9.78 Å². The van der Waals surface area contributed by atoms with Crippen LogP contribution in [0.2, 0.25) is 0 Å². The maximum Gasteiger partial charge on any atom is 0.135 e. The first-order valence-corrected chi connectivity index (χ1v) is 35.5. The van der Waals surface area contributed by atoms with Crippen molar-refractivity contribution < 1.29 is 34.4 Å². The molecule has 1 N–H and O–H groups in total. The van der Waals surface area contributed by atoms with Crippen molar-refractivity contribution in [3.63, 3.8) is 0 Å². The molecular weight excluding hydrogens is 1000 g/mol. The molecule has 0 atom stereocenters. The molecule has 0 aliphatic carbocycles. The number of hydrogen-bond acceptors (Lipinski definition) is 8. The van der Waals surface area contributed by atoms with E-state index in [1.807, 2.05) is 0 Å². The first-order chi connectivity index (χ1) is 40.0. The van der Waals surface area contributed by atoms with Crippen molar-refractivity contribution in [3.8, 4) is 0 Å². The van der Waals surface area contributed by atoms with Gasteiger partial charge < -0.3 is 14.9 Å². The van der Waals surface area contributed by atoms with E-state index in [-0.39, 0.29) is 6.61 Å². The largest absolute Gasteiger partial charge is 0.397 e. The third-order valence-electron chi connectivity index (χ3n) is 15.3. The molecule has 0 rings (SSSR count). The van der Waals surface area contributed by atoms with E-state index in [0.717, 1.165) is 32.1 Å². The van der Waals surface area contributed by atoms with Gasteiger partial charge in [-0.3, -0.25) is 4.90 Å². The van der Waals surface area contributed by atoms with E-state index in [4.69, 9.17) is 34.4 Å². The minimum absolute atomic E-state index is 0.250. The number of aliphatic hydroxyl groups is 1. The van der Waals surface area contributed by atoms with Gasteiger partial charge in [0.05, 0.1) is 6.61 Å². The minimum Gasteiger partial charge on any atom is -0.397 e. The maximum absolute atomic E-state index is 7.57.